The molecular weight excluding hydrogens is 543 g/mol. The minimum Gasteiger partial charge on any atom is -0.402 e. The first-order valence-corrected chi connectivity index (χ1v) is 16.0. The summed E-state index contributed by atoms with van der Waals surface area (Å²) in [6.45, 7) is 18.4. The lowest BCUT2D eigenvalue weighted by atomic mass is 10.0. The predicted molar refractivity (Wildman–Crippen MR) is 181 cm³/mol. The lowest BCUT2D eigenvalue weighted by molar-refractivity contribution is -0.117. The van der Waals surface area contributed by atoms with E-state index in [1.807, 2.05) is 57.7 Å². The molecule has 3 rings (SSSR count). The second-order valence-corrected chi connectivity index (χ2v) is 11.0. The van der Waals surface area contributed by atoms with Crippen molar-refractivity contribution < 1.29 is 14.4 Å². The largest absolute Gasteiger partial charge is 0.402 e. The van der Waals surface area contributed by atoms with E-state index in [9.17, 15) is 14.4 Å². The molecule has 0 saturated carbocycles. The van der Waals surface area contributed by atoms with E-state index < -0.39 is 0 Å². The highest BCUT2D eigenvalue weighted by atomic mass is 32.1. The van der Waals surface area contributed by atoms with Gasteiger partial charge in [-0.05, 0) is 38.1 Å². The van der Waals surface area contributed by atoms with Crippen molar-refractivity contribution in [2.45, 2.75) is 101 Å². The van der Waals surface area contributed by atoms with E-state index in [1.165, 1.54) is 43.4 Å². The molecule has 2 N–H and O–H groups in total. The molecule has 0 aliphatic rings. The highest BCUT2D eigenvalue weighted by Gasteiger charge is 2.11. The van der Waals surface area contributed by atoms with Gasteiger partial charge >= 0.3 is 0 Å². The first kappa shape index (κ1) is 38.8. The summed E-state index contributed by atoms with van der Waals surface area (Å²) in [5, 5.41) is 7.72. The Balaban J connectivity index is 0.000000864. The monoisotopic (exact) mass is 595 g/mol. The Bertz CT molecular complexity index is 1170. The molecule has 0 aliphatic heterocycles. The lowest BCUT2D eigenvalue weighted by Gasteiger charge is -2.04. The minimum absolute atomic E-state index is 0.112. The molecule has 7 nitrogen and oxygen atoms in total. The topological polar surface area (TPSA) is 93.1 Å². The van der Waals surface area contributed by atoms with Crippen LogP contribution in [-0.2, 0) is 9.59 Å². The molecule has 0 fully saturated rings. The zero-order valence-corrected chi connectivity index (χ0v) is 28.1. The first-order chi connectivity index (χ1) is 20.0. The van der Waals surface area contributed by atoms with Gasteiger partial charge in [-0.2, -0.15) is 0 Å². The molecule has 0 bridgehead atoms. The quantitative estimate of drug-likeness (QED) is 0.218. The zero-order chi connectivity index (χ0) is 31.9. The summed E-state index contributed by atoms with van der Waals surface area (Å²) in [7, 11) is 1.83. The number of amides is 2. The minimum atomic E-state index is -0.315. The van der Waals surface area contributed by atoms with E-state index in [0.717, 1.165) is 22.7 Å². The first-order valence-electron chi connectivity index (χ1n) is 15.1. The molecule has 2 amide bonds. The van der Waals surface area contributed by atoms with Gasteiger partial charge in [0.2, 0.25) is 13.3 Å². The van der Waals surface area contributed by atoms with Crippen LogP contribution in [0.4, 0.5) is 5.13 Å². The summed E-state index contributed by atoms with van der Waals surface area (Å²) in [5.74, 6) is 0.598. The summed E-state index contributed by atoms with van der Waals surface area (Å²) in [6, 6.07) is 9.71. The lowest BCUT2D eigenvalue weighted by Crippen LogP contribution is -2.32. The molecule has 0 aliphatic carbocycles. The number of carbonyl (C=O) groups is 3. The van der Waals surface area contributed by atoms with Crippen LogP contribution in [0.3, 0.4) is 0 Å². The molecule has 231 valence electrons. The summed E-state index contributed by atoms with van der Waals surface area (Å²) in [5.41, 5.74) is 3.48. The maximum Gasteiger partial charge on any atom is 0.253 e. The van der Waals surface area contributed by atoms with Crippen molar-refractivity contribution in [1.29, 1.82) is 0 Å². The van der Waals surface area contributed by atoms with Gasteiger partial charge < -0.3 is 19.9 Å². The van der Waals surface area contributed by atoms with Crippen molar-refractivity contribution in [2.24, 2.45) is 5.92 Å². The Labute approximate surface area is 259 Å². The second kappa shape index (κ2) is 23.4. The number of thiazole rings is 1. The van der Waals surface area contributed by atoms with Crippen molar-refractivity contribution in [3.63, 3.8) is 0 Å². The molecule has 1 radical (unpaired) electrons. The Morgan fingerprint density at radius 3 is 2.19 bits per heavy atom. The van der Waals surface area contributed by atoms with E-state index in [-0.39, 0.29) is 24.1 Å². The van der Waals surface area contributed by atoms with Gasteiger partial charge in [0.25, 0.3) is 5.91 Å². The van der Waals surface area contributed by atoms with Crippen molar-refractivity contribution in [2.75, 3.05) is 11.9 Å². The average molecular weight is 596 g/mol. The van der Waals surface area contributed by atoms with Crippen LogP contribution in [0.1, 0.15) is 103 Å². The van der Waals surface area contributed by atoms with Crippen molar-refractivity contribution in [1.82, 2.24) is 14.8 Å². The Morgan fingerprint density at radius 1 is 1.05 bits per heavy atom. The third-order valence-electron chi connectivity index (χ3n) is 6.22. The SMILES string of the molecule is CCC(C)=O.CCCC.CCCC(C)CC.C[B]n1ccc(C(=O)NCC(=O)Nc2nc(-c3cccc(C)c3)cs2)c1. The summed E-state index contributed by atoms with van der Waals surface area (Å²) >= 11 is 1.35. The molecule has 3 aromatic rings. The maximum atomic E-state index is 12.0. The molecule has 2 aromatic heterocycles. The molecule has 2 heterocycles. The number of carbonyl (C=O) groups excluding carboxylic acids is 3. The van der Waals surface area contributed by atoms with Gasteiger partial charge in [-0.25, -0.2) is 4.98 Å². The van der Waals surface area contributed by atoms with Gasteiger partial charge in [-0.1, -0.05) is 104 Å². The standard InChI is InChI=1S/C18H18BN4O2S.C7H16.C4H8O.C4H10/c1-12-4-3-5-13(8-12)15-11-26-18(21-15)22-16(24)9-20-17(25)14-6-7-23(10-14)19-2;1-4-6-7(3)5-2;1-3-4(2)5;1-3-4-2/h3-8,10-11H,9H2,1-2H3,(H,20,25)(H,21,22,24);7H,4-6H2,1-3H3;3H2,1-2H3;3-4H2,1-2H3. The van der Waals surface area contributed by atoms with Gasteiger partial charge in [0.1, 0.15) is 5.78 Å². The zero-order valence-electron chi connectivity index (χ0n) is 27.3. The fraction of sp³-hybridized carbons (Fsp3) is 0.515. The number of aryl methyl sites for hydroxylation is 1. The highest BCUT2D eigenvalue weighted by molar-refractivity contribution is 7.14. The fourth-order valence-electron chi connectivity index (χ4n) is 3.10. The number of benzene rings is 1. The highest BCUT2D eigenvalue weighted by Crippen LogP contribution is 2.25. The summed E-state index contributed by atoms with van der Waals surface area (Å²) < 4.78 is 1.78. The number of nitrogens with one attached hydrogen (secondary N) is 2. The molecule has 9 heteroatoms. The van der Waals surface area contributed by atoms with E-state index >= 15 is 0 Å². The predicted octanol–water partition coefficient (Wildman–Crippen LogP) is 8.43. The van der Waals surface area contributed by atoms with Crippen LogP contribution in [0.5, 0.6) is 0 Å². The van der Waals surface area contributed by atoms with E-state index in [4.69, 9.17) is 0 Å². The number of ketones is 1. The van der Waals surface area contributed by atoms with Crippen LogP contribution in [0.15, 0.2) is 48.1 Å². The second-order valence-electron chi connectivity index (χ2n) is 10.1. The number of hydrogen-bond donors (Lipinski definition) is 2. The molecule has 0 saturated heterocycles. The maximum absolute atomic E-state index is 12.0. The molecule has 42 heavy (non-hydrogen) atoms. The molecule has 0 spiro atoms. The number of anilines is 1. The average Bonchev–Trinajstić information content (AvgIpc) is 3.67. The number of aromatic nitrogens is 2. The number of Topliss-reactive ketones (excluding diaryl/α,β-unsaturated/α-hetero) is 1. The fourth-order valence-corrected chi connectivity index (χ4v) is 3.83. The normalized spacial score (nSPS) is 10.4. The molecule has 1 aromatic carbocycles. The van der Waals surface area contributed by atoms with Crippen molar-refractivity contribution in [3.8, 4) is 11.3 Å². The van der Waals surface area contributed by atoms with E-state index in [1.54, 1.807) is 29.9 Å². The van der Waals surface area contributed by atoms with Gasteiger partial charge in [0, 0.05) is 23.6 Å². The van der Waals surface area contributed by atoms with E-state index in [2.05, 4.69) is 50.2 Å². The Hall–Kier alpha value is -3.20. The van der Waals surface area contributed by atoms with Crippen LogP contribution in [-0.4, -0.2) is 41.0 Å². The molecule has 1 unspecified atom stereocenters. The van der Waals surface area contributed by atoms with Crippen LogP contribution in [0.25, 0.3) is 11.3 Å². The number of nitrogens with zero attached hydrogens (tertiary/aromatic N) is 2. The van der Waals surface area contributed by atoms with Gasteiger partial charge in [0.05, 0.1) is 17.8 Å². The van der Waals surface area contributed by atoms with Crippen molar-refractivity contribution >= 4 is 41.5 Å². The third kappa shape index (κ3) is 17.6. The number of hydrogen-bond acceptors (Lipinski definition) is 5. The molecular formula is C33H52BN4O3S. The van der Waals surface area contributed by atoms with Crippen LogP contribution >= 0.6 is 11.3 Å². The van der Waals surface area contributed by atoms with Crippen LogP contribution in [0.2, 0.25) is 6.82 Å². The molecule has 1 atom stereocenters. The Kier molecular flexibility index (Phi) is 21.6. The van der Waals surface area contributed by atoms with Gasteiger partial charge in [0.15, 0.2) is 5.13 Å². The number of rotatable bonds is 11. The number of unbranched alkanes of at least 4 members (excludes halogenated alkanes) is 1. The summed E-state index contributed by atoms with van der Waals surface area (Å²) in [6.07, 6.45) is 10.9. The van der Waals surface area contributed by atoms with Crippen molar-refractivity contribution in [3.05, 3.63) is 59.2 Å². The smallest absolute Gasteiger partial charge is 0.253 e. The van der Waals surface area contributed by atoms with E-state index in [0.29, 0.717) is 17.1 Å². The van der Waals surface area contributed by atoms with Crippen LogP contribution in [0, 0.1) is 12.8 Å². The van der Waals surface area contributed by atoms with Gasteiger partial charge in [-0.3, -0.25) is 9.59 Å². The third-order valence-corrected chi connectivity index (χ3v) is 6.98. The summed E-state index contributed by atoms with van der Waals surface area (Å²) in [4.78, 5) is 38.3. The van der Waals surface area contributed by atoms with Gasteiger partial charge in [-0.15, -0.1) is 11.3 Å². The van der Waals surface area contributed by atoms with Crippen LogP contribution < -0.4 is 10.6 Å². The Morgan fingerprint density at radius 2 is 1.71 bits per heavy atom.